The summed E-state index contributed by atoms with van der Waals surface area (Å²) >= 11 is 0. The van der Waals surface area contributed by atoms with Gasteiger partial charge in [0, 0.05) is 13.1 Å². The Labute approximate surface area is 165 Å². The van der Waals surface area contributed by atoms with Gasteiger partial charge in [0.05, 0.1) is 18.8 Å². The second-order valence-electron chi connectivity index (χ2n) is 7.69. The van der Waals surface area contributed by atoms with Gasteiger partial charge < -0.3 is 19.6 Å². The van der Waals surface area contributed by atoms with Gasteiger partial charge in [0.1, 0.15) is 5.54 Å². The van der Waals surface area contributed by atoms with Crippen LogP contribution in [0.15, 0.2) is 24.0 Å². The standard InChI is InChI=1S/C21H28N2O5/c1-13(2)27-20(25)28-18-17(16-12-14(3)6-7-15(16)4)19(24)22-21(18)8-10-23(26-5)11-9-21/h6-7,12-13H,8-11H2,1-5H3,(H,22,24). The van der Waals surface area contributed by atoms with Crippen molar-refractivity contribution >= 4 is 17.6 Å². The first-order chi connectivity index (χ1) is 13.3. The Bertz CT molecular complexity index is 807. The lowest BCUT2D eigenvalue weighted by Crippen LogP contribution is -2.53. The molecule has 2 aliphatic heterocycles. The molecule has 7 heteroatoms. The molecule has 152 valence electrons. The number of carbonyl (C=O) groups excluding carboxylic acids is 2. The monoisotopic (exact) mass is 388 g/mol. The number of hydrogen-bond donors (Lipinski definition) is 1. The van der Waals surface area contributed by atoms with Crippen LogP contribution in [0.1, 0.15) is 43.4 Å². The number of piperidine rings is 1. The van der Waals surface area contributed by atoms with Crippen LogP contribution >= 0.6 is 0 Å². The molecule has 0 radical (unpaired) electrons. The largest absolute Gasteiger partial charge is 0.513 e. The molecule has 1 fully saturated rings. The fourth-order valence-corrected chi connectivity index (χ4v) is 3.78. The van der Waals surface area contributed by atoms with Gasteiger partial charge in [-0.3, -0.25) is 4.79 Å². The second kappa shape index (κ2) is 7.93. The van der Waals surface area contributed by atoms with Crippen LogP contribution < -0.4 is 5.32 Å². The summed E-state index contributed by atoms with van der Waals surface area (Å²) in [5.74, 6) is 0.125. The third-order valence-corrected chi connectivity index (χ3v) is 5.26. The maximum Gasteiger partial charge on any atom is 0.513 e. The van der Waals surface area contributed by atoms with Crippen molar-refractivity contribution in [3.8, 4) is 0 Å². The van der Waals surface area contributed by atoms with E-state index in [0.717, 1.165) is 16.7 Å². The summed E-state index contributed by atoms with van der Waals surface area (Å²) in [5.41, 5.74) is 2.41. The van der Waals surface area contributed by atoms with Gasteiger partial charge in [-0.05, 0) is 51.7 Å². The van der Waals surface area contributed by atoms with Crippen molar-refractivity contribution in [1.29, 1.82) is 0 Å². The number of rotatable bonds is 4. The van der Waals surface area contributed by atoms with Crippen LogP contribution in [0.25, 0.3) is 5.57 Å². The maximum absolute atomic E-state index is 13.0. The van der Waals surface area contributed by atoms with E-state index < -0.39 is 11.7 Å². The first-order valence-electron chi connectivity index (χ1n) is 9.58. The zero-order valence-corrected chi connectivity index (χ0v) is 17.1. The molecule has 1 saturated heterocycles. The van der Waals surface area contributed by atoms with Gasteiger partial charge in [0.2, 0.25) is 0 Å². The van der Waals surface area contributed by atoms with Gasteiger partial charge >= 0.3 is 6.16 Å². The number of nitrogens with zero attached hydrogens (tertiary/aromatic N) is 1. The Kier molecular flexibility index (Phi) is 5.76. The molecule has 1 aromatic rings. The Hall–Kier alpha value is -2.38. The lowest BCUT2D eigenvalue weighted by Gasteiger charge is -2.38. The number of benzene rings is 1. The molecule has 2 heterocycles. The Morgan fingerprint density at radius 1 is 1.21 bits per heavy atom. The molecule has 0 saturated carbocycles. The number of amides is 1. The maximum atomic E-state index is 13.0. The molecule has 0 bridgehead atoms. The molecule has 7 nitrogen and oxygen atoms in total. The molecule has 1 N–H and O–H groups in total. The van der Waals surface area contributed by atoms with Crippen molar-refractivity contribution in [2.24, 2.45) is 0 Å². The number of aryl methyl sites for hydroxylation is 2. The molecule has 2 aliphatic rings. The van der Waals surface area contributed by atoms with Gasteiger partial charge in [-0.15, -0.1) is 0 Å². The predicted molar refractivity (Wildman–Crippen MR) is 104 cm³/mol. The molecule has 1 amide bonds. The number of ether oxygens (including phenoxy) is 2. The zero-order chi connectivity index (χ0) is 20.5. The first kappa shape index (κ1) is 20.4. The smallest absolute Gasteiger partial charge is 0.431 e. The summed E-state index contributed by atoms with van der Waals surface area (Å²) in [6, 6.07) is 5.91. The Morgan fingerprint density at radius 3 is 2.50 bits per heavy atom. The van der Waals surface area contributed by atoms with Gasteiger partial charge in [-0.25, -0.2) is 4.79 Å². The van der Waals surface area contributed by atoms with E-state index in [4.69, 9.17) is 14.3 Å². The number of hydrogen-bond acceptors (Lipinski definition) is 6. The highest BCUT2D eigenvalue weighted by molar-refractivity contribution is 6.23. The third-order valence-electron chi connectivity index (χ3n) is 5.26. The average Bonchev–Trinajstić information content (AvgIpc) is 2.88. The van der Waals surface area contributed by atoms with Crippen LogP contribution in [-0.4, -0.2) is 49.0 Å². The lowest BCUT2D eigenvalue weighted by atomic mass is 9.85. The molecule has 28 heavy (non-hydrogen) atoms. The number of carbonyl (C=O) groups is 2. The van der Waals surface area contributed by atoms with E-state index in [9.17, 15) is 9.59 Å². The van der Waals surface area contributed by atoms with Crippen LogP contribution in [0.2, 0.25) is 0 Å². The topological polar surface area (TPSA) is 77.1 Å². The number of nitrogens with one attached hydrogen (secondary N) is 1. The highest BCUT2D eigenvalue weighted by atomic mass is 16.7. The van der Waals surface area contributed by atoms with E-state index in [2.05, 4.69) is 5.32 Å². The normalized spacial score (nSPS) is 19.3. The van der Waals surface area contributed by atoms with Gasteiger partial charge in [-0.2, -0.15) is 5.06 Å². The van der Waals surface area contributed by atoms with Crippen LogP contribution in [0.4, 0.5) is 4.79 Å². The van der Waals surface area contributed by atoms with Crippen molar-refractivity contribution in [3.05, 3.63) is 40.6 Å². The summed E-state index contributed by atoms with van der Waals surface area (Å²) < 4.78 is 10.9. The molecular weight excluding hydrogens is 360 g/mol. The van der Waals surface area contributed by atoms with Crippen LogP contribution in [-0.2, 0) is 19.1 Å². The summed E-state index contributed by atoms with van der Waals surface area (Å²) in [7, 11) is 1.63. The van der Waals surface area contributed by atoms with Crippen LogP contribution in [0.3, 0.4) is 0 Å². The summed E-state index contributed by atoms with van der Waals surface area (Å²) in [6.45, 7) is 8.65. The SMILES string of the molecule is CON1CCC2(CC1)NC(=O)C(c1cc(C)ccc1C)=C2OC(=O)OC(C)C. The minimum atomic E-state index is -0.794. The molecular formula is C21H28N2O5. The first-order valence-corrected chi connectivity index (χ1v) is 9.58. The van der Waals surface area contributed by atoms with Gasteiger partial charge in [0.25, 0.3) is 5.91 Å². The molecule has 3 rings (SSSR count). The minimum absolute atomic E-state index is 0.230. The van der Waals surface area contributed by atoms with E-state index >= 15 is 0 Å². The van der Waals surface area contributed by atoms with Crippen molar-refractivity contribution in [2.75, 3.05) is 20.2 Å². The molecule has 0 aliphatic carbocycles. The van der Waals surface area contributed by atoms with Crippen LogP contribution in [0, 0.1) is 13.8 Å². The zero-order valence-electron chi connectivity index (χ0n) is 17.1. The molecule has 1 spiro atoms. The van der Waals surface area contributed by atoms with Gasteiger partial charge in [0.15, 0.2) is 5.76 Å². The highest BCUT2D eigenvalue weighted by Gasteiger charge is 2.50. The minimum Gasteiger partial charge on any atom is -0.431 e. The van der Waals surface area contributed by atoms with E-state index in [1.54, 1.807) is 21.0 Å². The van der Waals surface area contributed by atoms with Crippen molar-refractivity contribution in [3.63, 3.8) is 0 Å². The van der Waals surface area contributed by atoms with Crippen molar-refractivity contribution in [2.45, 2.75) is 52.2 Å². The summed E-state index contributed by atoms with van der Waals surface area (Å²) in [4.78, 5) is 30.7. The van der Waals surface area contributed by atoms with Crippen molar-refractivity contribution < 1.29 is 23.9 Å². The highest BCUT2D eigenvalue weighted by Crippen LogP contribution is 2.41. The van der Waals surface area contributed by atoms with E-state index in [1.807, 2.05) is 37.1 Å². The quantitative estimate of drug-likeness (QED) is 0.799. The lowest BCUT2D eigenvalue weighted by molar-refractivity contribution is -0.152. The summed E-state index contributed by atoms with van der Waals surface area (Å²) in [5, 5.41) is 4.92. The summed E-state index contributed by atoms with van der Waals surface area (Å²) in [6.07, 6.45) is 0.0441. The van der Waals surface area contributed by atoms with E-state index in [0.29, 0.717) is 37.3 Å². The van der Waals surface area contributed by atoms with Crippen LogP contribution in [0.5, 0.6) is 0 Å². The Balaban J connectivity index is 2.07. The second-order valence-corrected chi connectivity index (χ2v) is 7.69. The number of hydroxylamine groups is 2. The third kappa shape index (κ3) is 3.91. The predicted octanol–water partition coefficient (Wildman–Crippen LogP) is 3.10. The van der Waals surface area contributed by atoms with E-state index in [-0.39, 0.29) is 12.0 Å². The fraction of sp³-hybridized carbons (Fsp3) is 0.524. The van der Waals surface area contributed by atoms with Crippen molar-refractivity contribution in [1.82, 2.24) is 10.4 Å². The fourth-order valence-electron chi connectivity index (χ4n) is 3.78. The van der Waals surface area contributed by atoms with Gasteiger partial charge in [-0.1, -0.05) is 23.8 Å². The van der Waals surface area contributed by atoms with E-state index in [1.165, 1.54) is 0 Å². The molecule has 0 atom stereocenters. The molecule has 0 aromatic heterocycles. The molecule has 0 unspecified atom stereocenters. The average molecular weight is 388 g/mol. The Morgan fingerprint density at radius 2 is 1.89 bits per heavy atom. The molecule has 1 aromatic carbocycles.